The second kappa shape index (κ2) is 6.24. The van der Waals surface area contributed by atoms with E-state index in [1.807, 2.05) is 0 Å². The number of rotatable bonds is 5. The minimum Gasteiger partial charge on any atom is -0.493 e. The number of hydrogen-bond donors (Lipinski definition) is 1. The number of ether oxygens (including phenoxy) is 1. The van der Waals surface area contributed by atoms with Crippen LogP contribution >= 0.6 is 0 Å². The van der Waals surface area contributed by atoms with Crippen molar-refractivity contribution >= 4 is 0 Å². The molecule has 0 saturated heterocycles. The molecule has 2 heteroatoms. The van der Waals surface area contributed by atoms with Crippen molar-refractivity contribution < 1.29 is 4.74 Å². The van der Waals surface area contributed by atoms with E-state index in [9.17, 15) is 0 Å². The van der Waals surface area contributed by atoms with Crippen LogP contribution in [-0.4, -0.2) is 19.2 Å². The van der Waals surface area contributed by atoms with Crippen LogP contribution in [0.1, 0.15) is 45.1 Å². The van der Waals surface area contributed by atoms with Gasteiger partial charge in [0.2, 0.25) is 0 Å². The van der Waals surface area contributed by atoms with Gasteiger partial charge in [0, 0.05) is 6.04 Å². The van der Waals surface area contributed by atoms with Gasteiger partial charge in [0.15, 0.2) is 0 Å². The summed E-state index contributed by atoms with van der Waals surface area (Å²) in [7, 11) is 0. The summed E-state index contributed by atoms with van der Waals surface area (Å²) in [5, 5.41) is 3.62. The van der Waals surface area contributed by atoms with Crippen LogP contribution in [-0.2, 0) is 0 Å². The average Bonchev–Trinajstić information content (AvgIpc) is 2.38. The topological polar surface area (TPSA) is 21.3 Å². The number of benzene rings is 1. The van der Waals surface area contributed by atoms with Crippen molar-refractivity contribution in [3.8, 4) is 5.75 Å². The SMILES string of the molecule is CCNC(CC1CCOc2ccccc21)C(C)C. The first-order valence-electron chi connectivity index (χ1n) is 7.17. The molecule has 0 saturated carbocycles. The zero-order chi connectivity index (χ0) is 13.0. The Balaban J connectivity index is 2.10. The summed E-state index contributed by atoms with van der Waals surface area (Å²) in [6.07, 6.45) is 2.36. The first kappa shape index (κ1) is 13.4. The second-order valence-corrected chi connectivity index (χ2v) is 5.52. The predicted molar refractivity (Wildman–Crippen MR) is 76.2 cm³/mol. The van der Waals surface area contributed by atoms with E-state index in [4.69, 9.17) is 4.74 Å². The number of fused-ring (bicyclic) bond motifs is 1. The molecule has 0 aliphatic carbocycles. The predicted octanol–water partition coefficient (Wildman–Crippen LogP) is 3.58. The maximum Gasteiger partial charge on any atom is 0.122 e. The van der Waals surface area contributed by atoms with E-state index in [0.717, 1.165) is 25.3 Å². The lowest BCUT2D eigenvalue weighted by molar-refractivity contribution is 0.246. The molecule has 0 bridgehead atoms. The van der Waals surface area contributed by atoms with Gasteiger partial charge in [-0.05, 0) is 42.9 Å². The number of para-hydroxylation sites is 1. The van der Waals surface area contributed by atoms with E-state index < -0.39 is 0 Å². The highest BCUT2D eigenvalue weighted by Gasteiger charge is 2.25. The molecule has 100 valence electrons. The molecule has 1 aliphatic rings. The zero-order valence-corrected chi connectivity index (χ0v) is 11.8. The Kier molecular flexibility index (Phi) is 4.65. The molecular weight excluding hydrogens is 222 g/mol. The van der Waals surface area contributed by atoms with Crippen LogP contribution in [0.15, 0.2) is 24.3 Å². The van der Waals surface area contributed by atoms with Crippen molar-refractivity contribution in [3.05, 3.63) is 29.8 Å². The summed E-state index contributed by atoms with van der Waals surface area (Å²) in [6.45, 7) is 8.71. The van der Waals surface area contributed by atoms with Crippen LogP contribution < -0.4 is 10.1 Å². The normalized spacial score (nSPS) is 20.3. The summed E-state index contributed by atoms with van der Waals surface area (Å²) < 4.78 is 5.74. The van der Waals surface area contributed by atoms with E-state index in [1.54, 1.807) is 0 Å². The van der Waals surface area contributed by atoms with Gasteiger partial charge in [0.1, 0.15) is 5.75 Å². The molecule has 0 aromatic heterocycles. The van der Waals surface area contributed by atoms with Gasteiger partial charge in [-0.1, -0.05) is 39.0 Å². The third kappa shape index (κ3) is 3.05. The molecule has 1 N–H and O–H groups in total. The van der Waals surface area contributed by atoms with Crippen molar-refractivity contribution in [3.63, 3.8) is 0 Å². The summed E-state index contributed by atoms with van der Waals surface area (Å²) in [5.41, 5.74) is 1.40. The lowest BCUT2D eigenvalue weighted by atomic mass is 9.84. The molecule has 0 spiro atoms. The first-order valence-corrected chi connectivity index (χ1v) is 7.17. The minimum absolute atomic E-state index is 0.603. The van der Waals surface area contributed by atoms with Crippen molar-refractivity contribution in [2.75, 3.05) is 13.2 Å². The van der Waals surface area contributed by atoms with E-state index in [2.05, 4.69) is 50.4 Å². The second-order valence-electron chi connectivity index (χ2n) is 5.52. The fraction of sp³-hybridized carbons (Fsp3) is 0.625. The quantitative estimate of drug-likeness (QED) is 0.858. The maximum absolute atomic E-state index is 5.74. The molecule has 1 aromatic rings. The summed E-state index contributed by atoms with van der Waals surface area (Å²) in [6, 6.07) is 9.11. The van der Waals surface area contributed by atoms with Crippen LogP contribution in [0, 0.1) is 5.92 Å². The fourth-order valence-corrected chi connectivity index (χ4v) is 2.82. The molecule has 0 fully saturated rings. The Labute approximate surface area is 111 Å². The van der Waals surface area contributed by atoms with Gasteiger partial charge in [-0.15, -0.1) is 0 Å². The fourth-order valence-electron chi connectivity index (χ4n) is 2.82. The maximum atomic E-state index is 5.74. The Hall–Kier alpha value is -1.02. The third-order valence-corrected chi connectivity index (χ3v) is 3.89. The Morgan fingerprint density at radius 1 is 1.33 bits per heavy atom. The standard InChI is InChI=1S/C16H25NO/c1-4-17-15(12(2)3)11-13-9-10-18-16-8-6-5-7-14(13)16/h5-8,12-13,15,17H,4,9-11H2,1-3H3. The molecule has 2 nitrogen and oxygen atoms in total. The molecule has 0 radical (unpaired) electrons. The molecule has 1 heterocycles. The molecule has 2 atom stereocenters. The Morgan fingerprint density at radius 3 is 2.83 bits per heavy atom. The highest BCUT2D eigenvalue weighted by atomic mass is 16.5. The molecular formula is C16H25NO. The molecule has 18 heavy (non-hydrogen) atoms. The van der Waals surface area contributed by atoms with Crippen molar-refractivity contribution in [1.29, 1.82) is 0 Å². The molecule has 1 aromatic carbocycles. The van der Waals surface area contributed by atoms with Gasteiger partial charge in [0.05, 0.1) is 6.61 Å². The van der Waals surface area contributed by atoms with Gasteiger partial charge in [-0.2, -0.15) is 0 Å². The monoisotopic (exact) mass is 247 g/mol. The Morgan fingerprint density at radius 2 is 2.11 bits per heavy atom. The minimum atomic E-state index is 0.603. The van der Waals surface area contributed by atoms with Crippen LogP contribution in [0.25, 0.3) is 0 Å². The highest BCUT2D eigenvalue weighted by Crippen LogP contribution is 2.36. The molecule has 0 amide bonds. The van der Waals surface area contributed by atoms with Gasteiger partial charge in [-0.3, -0.25) is 0 Å². The molecule has 1 aliphatic heterocycles. The highest BCUT2D eigenvalue weighted by molar-refractivity contribution is 5.37. The van der Waals surface area contributed by atoms with E-state index >= 15 is 0 Å². The van der Waals surface area contributed by atoms with Crippen molar-refractivity contribution in [2.24, 2.45) is 5.92 Å². The van der Waals surface area contributed by atoms with Gasteiger partial charge in [-0.25, -0.2) is 0 Å². The Bertz CT molecular complexity index is 375. The number of hydrogen-bond acceptors (Lipinski definition) is 2. The summed E-state index contributed by atoms with van der Waals surface area (Å²) >= 11 is 0. The smallest absolute Gasteiger partial charge is 0.122 e. The molecule has 2 unspecified atom stereocenters. The van der Waals surface area contributed by atoms with Gasteiger partial charge in [0.25, 0.3) is 0 Å². The summed E-state index contributed by atoms with van der Waals surface area (Å²) in [4.78, 5) is 0. The van der Waals surface area contributed by atoms with Crippen LogP contribution in [0.3, 0.4) is 0 Å². The van der Waals surface area contributed by atoms with Gasteiger partial charge >= 0.3 is 0 Å². The zero-order valence-electron chi connectivity index (χ0n) is 11.8. The van der Waals surface area contributed by atoms with E-state index in [0.29, 0.717) is 17.9 Å². The van der Waals surface area contributed by atoms with Crippen LogP contribution in [0.4, 0.5) is 0 Å². The first-order chi connectivity index (χ1) is 8.72. The van der Waals surface area contributed by atoms with E-state index in [-0.39, 0.29) is 0 Å². The third-order valence-electron chi connectivity index (χ3n) is 3.89. The van der Waals surface area contributed by atoms with Crippen molar-refractivity contribution in [2.45, 2.75) is 45.6 Å². The number of nitrogens with one attached hydrogen (secondary N) is 1. The van der Waals surface area contributed by atoms with Crippen molar-refractivity contribution in [1.82, 2.24) is 5.32 Å². The summed E-state index contributed by atoms with van der Waals surface area (Å²) in [5.74, 6) is 2.41. The van der Waals surface area contributed by atoms with Crippen LogP contribution in [0.2, 0.25) is 0 Å². The lowest BCUT2D eigenvalue weighted by Crippen LogP contribution is -2.35. The van der Waals surface area contributed by atoms with Gasteiger partial charge < -0.3 is 10.1 Å². The lowest BCUT2D eigenvalue weighted by Gasteiger charge is -2.31. The average molecular weight is 247 g/mol. The largest absolute Gasteiger partial charge is 0.493 e. The molecule has 2 rings (SSSR count). The van der Waals surface area contributed by atoms with Crippen LogP contribution in [0.5, 0.6) is 5.75 Å². The van der Waals surface area contributed by atoms with E-state index in [1.165, 1.54) is 12.0 Å².